The van der Waals surface area contributed by atoms with E-state index in [1.807, 2.05) is 13.8 Å². The Labute approximate surface area is 224 Å². The summed E-state index contributed by atoms with van der Waals surface area (Å²) in [6.07, 6.45) is 2.02. The van der Waals surface area contributed by atoms with Gasteiger partial charge in [0.15, 0.2) is 0 Å². The van der Waals surface area contributed by atoms with Crippen LogP contribution >= 0.6 is 10.2 Å². The fourth-order valence-corrected chi connectivity index (χ4v) is 7.76. The zero-order valence-electron chi connectivity index (χ0n) is 21.9. The standard InChI is InChI=1S/C28H34F5NO4S/c1-27(2)15-19(35)20-22-21(23(34-24(20)26(27)36)16-9-13-37-14-10-16)25(38-28(22)11-3-4-12-28)17-5-7-18(8-6-17)39(29,30,31,32)33/h5-8,16,19,25-26,35-36H,3-4,9-15H2,1-2H3/t19?,25-,26+/m1/s1. The van der Waals surface area contributed by atoms with Crippen molar-refractivity contribution in [2.45, 2.75) is 93.5 Å². The maximum absolute atomic E-state index is 13.5. The van der Waals surface area contributed by atoms with Gasteiger partial charge in [0.25, 0.3) is 0 Å². The third-order valence-corrected chi connectivity index (χ3v) is 10.3. The molecule has 1 unspecified atom stereocenters. The molecule has 1 saturated carbocycles. The van der Waals surface area contributed by atoms with Gasteiger partial charge in [-0.3, -0.25) is 4.98 Å². The molecular formula is C28H34F5NO4S. The van der Waals surface area contributed by atoms with Crippen molar-refractivity contribution in [1.82, 2.24) is 4.98 Å². The number of fused-ring (bicyclic) bond motifs is 4. The van der Waals surface area contributed by atoms with Crippen LogP contribution in [0, 0.1) is 5.41 Å². The average Bonchev–Trinajstić information content (AvgIpc) is 3.46. The molecule has 3 heterocycles. The highest BCUT2D eigenvalue weighted by molar-refractivity contribution is 8.45. The lowest BCUT2D eigenvalue weighted by Gasteiger charge is -2.41. The van der Waals surface area contributed by atoms with E-state index in [1.165, 1.54) is 0 Å². The number of pyridine rings is 1. The van der Waals surface area contributed by atoms with Crippen molar-refractivity contribution in [3.63, 3.8) is 0 Å². The third kappa shape index (κ3) is 4.48. The Morgan fingerprint density at radius 2 is 1.51 bits per heavy atom. The van der Waals surface area contributed by atoms with Crippen LogP contribution < -0.4 is 0 Å². The number of nitrogens with zero attached hydrogens (tertiary/aromatic N) is 1. The van der Waals surface area contributed by atoms with E-state index >= 15 is 0 Å². The molecule has 1 aromatic heterocycles. The van der Waals surface area contributed by atoms with Gasteiger partial charge in [0.2, 0.25) is 0 Å². The van der Waals surface area contributed by atoms with Gasteiger partial charge >= 0.3 is 10.2 Å². The van der Waals surface area contributed by atoms with E-state index in [-0.39, 0.29) is 5.92 Å². The van der Waals surface area contributed by atoms with Gasteiger partial charge in [-0.1, -0.05) is 58.3 Å². The predicted octanol–water partition coefficient (Wildman–Crippen LogP) is 8.02. The Morgan fingerprint density at radius 1 is 0.897 bits per heavy atom. The molecule has 0 radical (unpaired) electrons. The molecule has 3 atom stereocenters. The van der Waals surface area contributed by atoms with Gasteiger partial charge < -0.3 is 19.7 Å². The number of aromatic nitrogens is 1. The van der Waals surface area contributed by atoms with Crippen LogP contribution in [0.1, 0.15) is 117 Å². The summed E-state index contributed by atoms with van der Waals surface area (Å²) in [5.41, 5.74) is 2.08. The van der Waals surface area contributed by atoms with Crippen molar-refractivity contribution in [2.24, 2.45) is 5.41 Å². The molecule has 216 valence electrons. The highest BCUT2D eigenvalue weighted by Gasteiger charge is 2.65. The Morgan fingerprint density at radius 3 is 2.10 bits per heavy atom. The van der Waals surface area contributed by atoms with E-state index in [9.17, 15) is 29.6 Å². The van der Waals surface area contributed by atoms with Crippen LogP contribution in [0.25, 0.3) is 0 Å². The topological polar surface area (TPSA) is 71.8 Å². The Bertz CT molecular complexity index is 1300. The van der Waals surface area contributed by atoms with Crippen LogP contribution in [0.2, 0.25) is 0 Å². The fraction of sp³-hybridized carbons (Fsp3) is 0.607. The van der Waals surface area contributed by atoms with Crippen molar-refractivity contribution in [3.8, 4) is 0 Å². The van der Waals surface area contributed by atoms with Crippen molar-refractivity contribution in [1.29, 1.82) is 0 Å². The van der Waals surface area contributed by atoms with Gasteiger partial charge in [0, 0.05) is 30.3 Å². The van der Waals surface area contributed by atoms with Crippen LogP contribution in [-0.2, 0) is 15.1 Å². The highest BCUT2D eigenvalue weighted by Crippen LogP contribution is 3.02. The van der Waals surface area contributed by atoms with Crippen LogP contribution in [0.15, 0.2) is 29.2 Å². The predicted molar refractivity (Wildman–Crippen MR) is 136 cm³/mol. The number of aliphatic hydroxyl groups excluding tert-OH is 2. The first-order valence-corrected chi connectivity index (χ1v) is 15.5. The monoisotopic (exact) mass is 575 g/mol. The summed E-state index contributed by atoms with van der Waals surface area (Å²) < 4.78 is 79.7. The molecule has 2 aliphatic carbocycles. The summed E-state index contributed by atoms with van der Waals surface area (Å²) in [5.74, 6) is -0.0428. The van der Waals surface area contributed by atoms with Gasteiger partial charge in [-0.25, -0.2) is 0 Å². The minimum Gasteiger partial charge on any atom is -0.388 e. The largest absolute Gasteiger partial charge is 0.388 e. The summed E-state index contributed by atoms with van der Waals surface area (Å²) in [5, 5.41) is 22.8. The molecule has 1 aromatic carbocycles. The molecule has 11 heteroatoms. The highest BCUT2D eigenvalue weighted by atomic mass is 32.5. The van der Waals surface area contributed by atoms with Gasteiger partial charge in [0.1, 0.15) is 17.1 Å². The zero-order chi connectivity index (χ0) is 28.1. The number of halogens is 5. The number of aliphatic hydroxyl groups is 2. The van der Waals surface area contributed by atoms with Crippen LogP contribution in [0.3, 0.4) is 0 Å². The Kier molecular flexibility index (Phi) is 5.72. The number of rotatable bonds is 3. The lowest BCUT2D eigenvalue weighted by Crippen LogP contribution is -2.35. The van der Waals surface area contributed by atoms with Gasteiger partial charge in [-0.2, -0.15) is 0 Å². The molecule has 2 aromatic rings. The molecule has 0 amide bonds. The zero-order valence-corrected chi connectivity index (χ0v) is 22.8. The quantitative estimate of drug-likeness (QED) is 0.363. The third-order valence-electron chi connectivity index (χ3n) is 9.09. The van der Waals surface area contributed by atoms with Crippen LogP contribution in [-0.4, -0.2) is 28.4 Å². The van der Waals surface area contributed by atoms with Crippen LogP contribution in [0.5, 0.6) is 0 Å². The first-order chi connectivity index (χ1) is 18.0. The lowest BCUT2D eigenvalue weighted by molar-refractivity contribution is -0.0598. The van der Waals surface area contributed by atoms with E-state index in [4.69, 9.17) is 14.5 Å². The SMILES string of the molecule is CC1(C)CC(O)c2c(nc(C3CCOCC3)c3c2C2(CCCC2)O[C@@H]3c2ccc(S(F)(F)(F)(F)F)cc2)[C@@H]1O. The number of hydrogen-bond donors (Lipinski definition) is 2. The smallest absolute Gasteiger partial charge is 0.310 e. The van der Waals surface area contributed by atoms with Gasteiger partial charge in [-0.15, -0.1) is 0 Å². The normalized spacial score (nSPS) is 30.0. The van der Waals surface area contributed by atoms with E-state index < -0.39 is 44.4 Å². The molecule has 1 spiro atoms. The fourth-order valence-electron chi connectivity index (χ4n) is 7.11. The van der Waals surface area contributed by atoms with E-state index in [2.05, 4.69) is 0 Å². The molecule has 2 fully saturated rings. The summed E-state index contributed by atoms with van der Waals surface area (Å²) in [7, 11) is -9.83. The Hall–Kier alpha value is -1.79. The molecule has 39 heavy (non-hydrogen) atoms. The lowest BCUT2D eigenvalue weighted by atomic mass is 9.68. The molecular weight excluding hydrogens is 541 g/mol. The second-order valence-corrected chi connectivity index (χ2v) is 14.7. The molecule has 0 bridgehead atoms. The second-order valence-electron chi connectivity index (χ2n) is 12.3. The summed E-state index contributed by atoms with van der Waals surface area (Å²) in [4.78, 5) is 3.06. The Balaban J connectivity index is 1.59. The first-order valence-electron chi connectivity index (χ1n) is 13.5. The molecule has 2 N–H and O–H groups in total. The van der Waals surface area contributed by atoms with Crippen LogP contribution in [0.4, 0.5) is 19.4 Å². The molecule has 2 aliphatic heterocycles. The number of ether oxygens (including phenoxy) is 2. The molecule has 5 nitrogen and oxygen atoms in total. The van der Waals surface area contributed by atoms with Crippen molar-refractivity contribution >= 4 is 10.2 Å². The van der Waals surface area contributed by atoms with Gasteiger partial charge in [0.05, 0.1) is 23.1 Å². The molecule has 6 rings (SSSR count). The minimum absolute atomic E-state index is 0.0428. The summed E-state index contributed by atoms with van der Waals surface area (Å²) in [6.45, 7) is 4.81. The van der Waals surface area contributed by atoms with Crippen molar-refractivity contribution in [2.75, 3.05) is 13.2 Å². The number of benzene rings is 1. The average molecular weight is 576 g/mol. The van der Waals surface area contributed by atoms with E-state index in [0.717, 1.165) is 30.5 Å². The summed E-state index contributed by atoms with van der Waals surface area (Å²) in [6, 6.07) is 3.00. The molecule has 4 aliphatic rings. The van der Waals surface area contributed by atoms with Crippen molar-refractivity contribution in [3.05, 3.63) is 57.9 Å². The number of hydrogen-bond acceptors (Lipinski definition) is 5. The van der Waals surface area contributed by atoms with E-state index in [0.29, 0.717) is 85.5 Å². The van der Waals surface area contributed by atoms with Gasteiger partial charge in [-0.05, 0) is 60.8 Å². The first kappa shape index (κ1) is 27.4. The van der Waals surface area contributed by atoms with Crippen molar-refractivity contribution < 1.29 is 39.1 Å². The maximum Gasteiger partial charge on any atom is 0.310 e. The minimum atomic E-state index is -9.83. The molecule has 1 saturated heterocycles. The van der Waals surface area contributed by atoms with E-state index in [1.54, 1.807) is 0 Å². The second kappa shape index (κ2) is 8.15. The maximum atomic E-state index is 13.5. The summed E-state index contributed by atoms with van der Waals surface area (Å²) >= 11 is 0.